The van der Waals surface area contributed by atoms with Gasteiger partial charge >= 0.3 is 5.97 Å². The molecule has 0 saturated heterocycles. The van der Waals surface area contributed by atoms with E-state index in [0.717, 1.165) is 5.56 Å². The summed E-state index contributed by atoms with van der Waals surface area (Å²) in [4.78, 5) is 25.1. The van der Waals surface area contributed by atoms with Crippen LogP contribution < -0.4 is 0 Å². The molecule has 4 rings (SSSR count). The average Bonchev–Trinajstić information content (AvgIpc) is 3.44. The molecule has 0 unspecified atom stereocenters. The molecule has 0 spiro atoms. The first-order valence-electron chi connectivity index (χ1n) is 10.9. The third kappa shape index (κ3) is 5.33. The van der Waals surface area contributed by atoms with Crippen LogP contribution in [0.25, 0.3) is 17.2 Å². The van der Waals surface area contributed by atoms with Crippen LogP contribution in [0.2, 0.25) is 0 Å². The van der Waals surface area contributed by atoms with E-state index < -0.39 is 5.97 Å². The molecular weight excluding hydrogens is 452 g/mol. The molecule has 0 N–H and O–H groups in total. The van der Waals surface area contributed by atoms with Gasteiger partial charge in [0.1, 0.15) is 16.9 Å². The molecule has 0 aliphatic rings. The molecule has 3 heterocycles. The first kappa shape index (κ1) is 23.6. The minimum atomic E-state index is -0.407. The average molecular weight is 479 g/mol. The summed E-state index contributed by atoms with van der Waals surface area (Å²) in [7, 11) is 0. The van der Waals surface area contributed by atoms with Crippen LogP contribution >= 0.6 is 11.8 Å². The minimum absolute atomic E-state index is 0.0865. The summed E-state index contributed by atoms with van der Waals surface area (Å²) in [6.07, 6.45) is 3.06. The van der Waals surface area contributed by atoms with Crippen molar-refractivity contribution in [3.8, 4) is 17.2 Å². The molecule has 10 heteroatoms. The summed E-state index contributed by atoms with van der Waals surface area (Å²) in [6.45, 7) is 10.4. The smallest absolute Gasteiger partial charge is 0.341 e. The van der Waals surface area contributed by atoms with Crippen molar-refractivity contribution >= 4 is 17.7 Å². The zero-order valence-corrected chi connectivity index (χ0v) is 20.6. The van der Waals surface area contributed by atoms with Gasteiger partial charge < -0.3 is 9.26 Å². The number of esters is 1. The van der Waals surface area contributed by atoms with E-state index in [0.29, 0.717) is 46.2 Å². The van der Waals surface area contributed by atoms with Crippen molar-refractivity contribution in [3.05, 3.63) is 65.6 Å². The second-order valence-corrected chi connectivity index (χ2v) is 9.63. The Balaban J connectivity index is 1.44. The van der Waals surface area contributed by atoms with Crippen molar-refractivity contribution in [2.45, 2.75) is 50.8 Å². The number of carbonyl (C=O) groups excluding carboxylic acids is 1. The molecular formula is C24H26N6O3S. The number of thioether (sulfide) groups is 1. The highest BCUT2D eigenvalue weighted by Gasteiger charge is 2.17. The number of hydrogen-bond acceptors (Lipinski definition) is 9. The molecule has 0 amide bonds. The fourth-order valence-corrected chi connectivity index (χ4v) is 3.91. The van der Waals surface area contributed by atoms with Crippen LogP contribution in [0, 0.1) is 6.92 Å². The summed E-state index contributed by atoms with van der Waals surface area (Å²) in [5, 5.41) is 9.20. The van der Waals surface area contributed by atoms with Gasteiger partial charge in [-0.25, -0.2) is 19.4 Å². The Morgan fingerprint density at radius 1 is 1.18 bits per heavy atom. The van der Waals surface area contributed by atoms with Gasteiger partial charge in [0.05, 0.1) is 18.1 Å². The standard InChI is InChI=1S/C24H26N6O3S/c1-6-32-23(31)18-12-30(28-15(18)2)19-11-21(26-14-25-19)34-13-20-27-22(29-33-20)16-7-9-17(10-8-16)24(3,4)5/h7-12,14H,6,13H2,1-5H3. The van der Waals surface area contributed by atoms with E-state index in [4.69, 9.17) is 9.26 Å². The summed E-state index contributed by atoms with van der Waals surface area (Å²) < 4.78 is 12.0. The predicted octanol–water partition coefficient (Wildman–Crippen LogP) is 4.79. The van der Waals surface area contributed by atoms with Gasteiger partial charge in [-0.15, -0.1) is 0 Å². The molecule has 0 bridgehead atoms. The van der Waals surface area contributed by atoms with Crippen LogP contribution in [0.15, 0.2) is 52.4 Å². The lowest BCUT2D eigenvalue weighted by atomic mass is 9.87. The van der Waals surface area contributed by atoms with Gasteiger partial charge in [-0.1, -0.05) is 62.0 Å². The van der Waals surface area contributed by atoms with E-state index >= 15 is 0 Å². The number of carbonyl (C=O) groups is 1. The third-order valence-electron chi connectivity index (χ3n) is 5.08. The van der Waals surface area contributed by atoms with Crippen LogP contribution in [-0.2, 0) is 15.9 Å². The molecule has 0 aliphatic heterocycles. The van der Waals surface area contributed by atoms with Gasteiger partial charge in [0.2, 0.25) is 11.7 Å². The highest BCUT2D eigenvalue weighted by molar-refractivity contribution is 7.98. The molecule has 3 aromatic heterocycles. The van der Waals surface area contributed by atoms with Gasteiger partial charge in [0.25, 0.3) is 0 Å². The molecule has 0 radical (unpaired) electrons. The van der Waals surface area contributed by atoms with Crippen molar-refractivity contribution in [2.24, 2.45) is 0 Å². The topological polar surface area (TPSA) is 109 Å². The molecule has 0 saturated carbocycles. The number of hydrogen-bond donors (Lipinski definition) is 0. The second kappa shape index (κ2) is 9.76. The van der Waals surface area contributed by atoms with Crippen LogP contribution in [0.1, 0.15) is 55.2 Å². The Morgan fingerprint density at radius 2 is 1.94 bits per heavy atom. The fraction of sp³-hybridized carbons (Fsp3) is 0.333. The first-order valence-corrected chi connectivity index (χ1v) is 11.8. The van der Waals surface area contributed by atoms with Gasteiger partial charge in [0.15, 0.2) is 5.82 Å². The highest BCUT2D eigenvalue weighted by Crippen LogP contribution is 2.26. The molecule has 0 atom stereocenters. The van der Waals surface area contributed by atoms with Gasteiger partial charge in [-0.05, 0) is 24.8 Å². The predicted molar refractivity (Wildman–Crippen MR) is 128 cm³/mol. The summed E-state index contributed by atoms with van der Waals surface area (Å²) in [5.41, 5.74) is 3.22. The van der Waals surface area contributed by atoms with E-state index in [9.17, 15) is 4.79 Å². The van der Waals surface area contributed by atoms with E-state index in [-0.39, 0.29) is 5.41 Å². The number of benzene rings is 1. The zero-order chi connectivity index (χ0) is 24.3. The number of rotatable bonds is 7. The second-order valence-electron chi connectivity index (χ2n) is 8.64. The molecule has 0 fully saturated rings. The van der Waals surface area contributed by atoms with Gasteiger partial charge in [-0.3, -0.25) is 0 Å². The van der Waals surface area contributed by atoms with Gasteiger partial charge in [0, 0.05) is 17.8 Å². The number of ether oxygens (including phenoxy) is 1. The van der Waals surface area contributed by atoms with E-state index in [1.54, 1.807) is 30.8 Å². The van der Waals surface area contributed by atoms with Crippen molar-refractivity contribution in [3.63, 3.8) is 0 Å². The highest BCUT2D eigenvalue weighted by atomic mass is 32.2. The van der Waals surface area contributed by atoms with Crippen LogP contribution in [-0.4, -0.2) is 42.5 Å². The Kier molecular flexibility index (Phi) is 6.78. The third-order valence-corrected chi connectivity index (χ3v) is 5.99. The largest absolute Gasteiger partial charge is 0.462 e. The molecule has 1 aromatic carbocycles. The minimum Gasteiger partial charge on any atom is -0.462 e. The molecule has 0 aliphatic carbocycles. The van der Waals surface area contributed by atoms with Crippen LogP contribution in [0.4, 0.5) is 0 Å². The van der Waals surface area contributed by atoms with Crippen molar-refractivity contribution in [1.29, 1.82) is 0 Å². The van der Waals surface area contributed by atoms with E-state index in [1.165, 1.54) is 23.7 Å². The quantitative estimate of drug-likeness (QED) is 0.210. The summed E-state index contributed by atoms with van der Waals surface area (Å²) in [5.74, 6) is 1.64. The SMILES string of the molecule is CCOC(=O)c1cn(-c2cc(SCc3nc(-c4ccc(C(C)(C)C)cc4)no3)ncn2)nc1C. The normalized spacial score (nSPS) is 11.6. The van der Waals surface area contributed by atoms with Crippen molar-refractivity contribution < 1.29 is 14.1 Å². The van der Waals surface area contributed by atoms with Gasteiger partial charge in [-0.2, -0.15) is 10.1 Å². The molecule has 176 valence electrons. The molecule has 4 aromatic rings. The first-order chi connectivity index (χ1) is 16.2. The monoisotopic (exact) mass is 478 g/mol. The van der Waals surface area contributed by atoms with Crippen LogP contribution in [0.3, 0.4) is 0 Å². The van der Waals surface area contributed by atoms with Crippen molar-refractivity contribution in [2.75, 3.05) is 6.61 Å². The molecule has 34 heavy (non-hydrogen) atoms. The maximum absolute atomic E-state index is 12.1. The van der Waals surface area contributed by atoms with Crippen LogP contribution in [0.5, 0.6) is 0 Å². The number of nitrogens with zero attached hydrogens (tertiary/aromatic N) is 6. The maximum atomic E-state index is 12.1. The Bertz CT molecular complexity index is 1290. The number of aromatic nitrogens is 6. The van der Waals surface area contributed by atoms with E-state index in [1.807, 2.05) is 12.1 Å². The zero-order valence-electron chi connectivity index (χ0n) is 19.8. The van der Waals surface area contributed by atoms with E-state index in [2.05, 4.69) is 58.1 Å². The Labute approximate surface area is 202 Å². The lowest BCUT2D eigenvalue weighted by Gasteiger charge is -2.18. The fourth-order valence-electron chi connectivity index (χ4n) is 3.21. The Hall–Kier alpha value is -3.53. The Morgan fingerprint density at radius 3 is 2.65 bits per heavy atom. The lowest BCUT2D eigenvalue weighted by molar-refractivity contribution is 0.0525. The molecule has 9 nitrogen and oxygen atoms in total. The number of aryl methyl sites for hydroxylation is 1. The summed E-state index contributed by atoms with van der Waals surface area (Å²) in [6, 6.07) is 9.99. The summed E-state index contributed by atoms with van der Waals surface area (Å²) >= 11 is 1.44. The van der Waals surface area contributed by atoms with Crippen molar-refractivity contribution in [1.82, 2.24) is 29.9 Å². The maximum Gasteiger partial charge on any atom is 0.341 e. The lowest BCUT2D eigenvalue weighted by Crippen LogP contribution is -2.10.